The van der Waals surface area contributed by atoms with Gasteiger partial charge in [0.05, 0.1) is 16.7 Å². The standard InChI is InChI=1S/C23H14BrClFN3O3S/c1-31-19-7-12(3-5-18(19)32-11-13-2-4-16(26)15(25)6-13)8-20-22(30)29-21-17(28-23(29)33-20)9-14(24)10-27-21/h2-10H,11H2,1H3/b20-8-. The van der Waals surface area contributed by atoms with Gasteiger partial charge in [0.25, 0.3) is 5.56 Å². The molecule has 0 unspecified atom stereocenters. The number of fused-ring (bicyclic) bond motifs is 3. The molecule has 0 radical (unpaired) electrons. The lowest BCUT2D eigenvalue weighted by molar-refractivity contribution is 0.284. The molecule has 0 saturated heterocycles. The summed E-state index contributed by atoms with van der Waals surface area (Å²) in [5.74, 6) is 0.537. The van der Waals surface area contributed by atoms with Crippen molar-refractivity contribution in [1.82, 2.24) is 14.4 Å². The van der Waals surface area contributed by atoms with Gasteiger partial charge in [-0.3, -0.25) is 4.79 Å². The summed E-state index contributed by atoms with van der Waals surface area (Å²) in [6, 6.07) is 11.6. The van der Waals surface area contributed by atoms with Crippen LogP contribution in [0.1, 0.15) is 11.1 Å². The van der Waals surface area contributed by atoms with E-state index in [0.717, 1.165) is 15.6 Å². The van der Waals surface area contributed by atoms with Gasteiger partial charge in [-0.15, -0.1) is 0 Å². The van der Waals surface area contributed by atoms with E-state index >= 15 is 0 Å². The topological polar surface area (TPSA) is 65.7 Å². The van der Waals surface area contributed by atoms with Crippen molar-refractivity contribution < 1.29 is 13.9 Å². The van der Waals surface area contributed by atoms with Crippen LogP contribution in [0.2, 0.25) is 5.02 Å². The van der Waals surface area contributed by atoms with E-state index in [1.807, 2.05) is 12.1 Å². The van der Waals surface area contributed by atoms with Crippen molar-refractivity contribution in [2.75, 3.05) is 7.11 Å². The Bertz CT molecular complexity index is 1640. The second-order valence-electron chi connectivity index (χ2n) is 7.09. The highest BCUT2D eigenvalue weighted by molar-refractivity contribution is 9.10. The molecule has 0 fully saturated rings. The quantitative estimate of drug-likeness (QED) is 0.311. The van der Waals surface area contributed by atoms with Crippen LogP contribution < -0.4 is 19.6 Å². The van der Waals surface area contributed by atoms with Gasteiger partial charge >= 0.3 is 0 Å². The lowest BCUT2D eigenvalue weighted by Crippen LogP contribution is -2.22. The SMILES string of the molecule is COc1cc(/C=c2\sc3nc4cc(Br)cnc4n3c2=O)ccc1OCc1ccc(F)c(Cl)c1. The van der Waals surface area contributed by atoms with Crippen LogP contribution in [0.4, 0.5) is 4.39 Å². The summed E-state index contributed by atoms with van der Waals surface area (Å²) >= 11 is 10.5. The number of ether oxygens (including phenoxy) is 2. The molecular weight excluding hydrogens is 533 g/mol. The second-order valence-corrected chi connectivity index (χ2v) is 9.42. The van der Waals surface area contributed by atoms with Gasteiger partial charge in [0.1, 0.15) is 17.9 Å². The Morgan fingerprint density at radius 2 is 2.06 bits per heavy atom. The van der Waals surface area contributed by atoms with E-state index in [4.69, 9.17) is 21.1 Å². The molecule has 2 aromatic carbocycles. The largest absolute Gasteiger partial charge is 0.493 e. The molecule has 0 bridgehead atoms. The summed E-state index contributed by atoms with van der Waals surface area (Å²) in [6.45, 7) is 0.197. The third-order valence-electron chi connectivity index (χ3n) is 4.91. The fraction of sp³-hybridized carbons (Fsp3) is 0.0870. The van der Waals surface area contributed by atoms with Crippen LogP contribution in [0, 0.1) is 5.82 Å². The van der Waals surface area contributed by atoms with E-state index in [1.165, 1.54) is 35.0 Å². The molecule has 0 amide bonds. The summed E-state index contributed by atoms with van der Waals surface area (Å²) in [6.07, 6.45) is 3.42. The van der Waals surface area contributed by atoms with Crippen LogP contribution in [0.25, 0.3) is 22.2 Å². The monoisotopic (exact) mass is 545 g/mol. The van der Waals surface area contributed by atoms with Crippen LogP contribution in [-0.4, -0.2) is 21.5 Å². The zero-order valence-corrected chi connectivity index (χ0v) is 20.2. The molecule has 5 aromatic rings. The van der Waals surface area contributed by atoms with E-state index in [9.17, 15) is 9.18 Å². The minimum atomic E-state index is -0.478. The first-order chi connectivity index (χ1) is 15.9. The van der Waals surface area contributed by atoms with Gasteiger partial charge in [0.15, 0.2) is 22.1 Å². The van der Waals surface area contributed by atoms with Crippen LogP contribution in [0.15, 0.2) is 57.9 Å². The maximum absolute atomic E-state index is 13.3. The normalized spacial score (nSPS) is 12.1. The Balaban J connectivity index is 1.46. The molecule has 0 saturated carbocycles. The van der Waals surface area contributed by atoms with E-state index < -0.39 is 5.82 Å². The average Bonchev–Trinajstić information content (AvgIpc) is 3.30. The van der Waals surface area contributed by atoms with E-state index in [1.54, 1.807) is 30.5 Å². The summed E-state index contributed by atoms with van der Waals surface area (Å²) in [7, 11) is 1.54. The molecule has 0 aliphatic rings. The molecule has 10 heteroatoms. The molecule has 5 rings (SSSR count). The first kappa shape index (κ1) is 21.8. The molecule has 0 atom stereocenters. The highest BCUT2D eigenvalue weighted by Crippen LogP contribution is 2.29. The molecule has 3 aromatic heterocycles. The molecule has 0 aliphatic carbocycles. The summed E-state index contributed by atoms with van der Waals surface area (Å²) in [4.78, 5) is 22.4. The zero-order chi connectivity index (χ0) is 23.1. The van der Waals surface area contributed by atoms with Gasteiger partial charge in [0, 0.05) is 10.7 Å². The Morgan fingerprint density at radius 3 is 2.85 bits per heavy atom. The Labute approximate surface area is 204 Å². The number of imidazole rings is 1. The van der Waals surface area contributed by atoms with Gasteiger partial charge in [-0.1, -0.05) is 35.1 Å². The lowest BCUT2D eigenvalue weighted by atomic mass is 10.2. The molecule has 0 aliphatic heterocycles. The minimum Gasteiger partial charge on any atom is -0.493 e. The van der Waals surface area contributed by atoms with Crippen LogP contribution in [-0.2, 0) is 6.61 Å². The minimum absolute atomic E-state index is 0.0411. The number of benzene rings is 2. The molecular formula is C23H14BrClFN3O3S. The van der Waals surface area contributed by atoms with Gasteiger partial charge < -0.3 is 9.47 Å². The second kappa shape index (κ2) is 8.74. The smallest absolute Gasteiger partial charge is 0.276 e. The number of rotatable bonds is 5. The maximum atomic E-state index is 13.3. The number of pyridine rings is 1. The highest BCUT2D eigenvalue weighted by Gasteiger charge is 2.13. The number of nitrogens with zero attached hydrogens (tertiary/aromatic N) is 3. The van der Waals surface area contributed by atoms with Crippen LogP contribution in [0.3, 0.4) is 0 Å². The first-order valence-corrected chi connectivity index (χ1v) is 11.6. The molecule has 6 nitrogen and oxygen atoms in total. The van der Waals surface area contributed by atoms with Gasteiger partial charge in [-0.05, 0) is 63.5 Å². The third kappa shape index (κ3) is 4.19. The number of methoxy groups -OCH3 is 1. The Hall–Kier alpha value is -3.01. The molecule has 0 N–H and O–H groups in total. The zero-order valence-electron chi connectivity index (χ0n) is 17.0. The summed E-state index contributed by atoms with van der Waals surface area (Å²) in [5, 5.41) is 0.0411. The van der Waals surface area contributed by atoms with Crippen LogP contribution in [0.5, 0.6) is 11.5 Å². The fourth-order valence-electron chi connectivity index (χ4n) is 3.35. The molecule has 166 valence electrons. The number of thiazole rings is 1. The fourth-order valence-corrected chi connectivity index (χ4v) is 4.85. The van der Waals surface area contributed by atoms with Crippen molar-refractivity contribution in [2.24, 2.45) is 0 Å². The molecule has 0 spiro atoms. The third-order valence-corrected chi connectivity index (χ3v) is 6.60. The number of aromatic nitrogens is 3. The van der Waals surface area contributed by atoms with Gasteiger partial charge in [0.2, 0.25) is 0 Å². The van der Waals surface area contributed by atoms with E-state index in [0.29, 0.717) is 32.2 Å². The first-order valence-electron chi connectivity index (χ1n) is 9.66. The Kier molecular flexibility index (Phi) is 5.77. The van der Waals surface area contributed by atoms with Crippen molar-refractivity contribution in [3.63, 3.8) is 0 Å². The lowest BCUT2D eigenvalue weighted by Gasteiger charge is -2.11. The molecule has 33 heavy (non-hydrogen) atoms. The predicted octanol–water partition coefficient (Wildman–Crippen LogP) is 4.99. The average molecular weight is 547 g/mol. The van der Waals surface area contributed by atoms with Crippen molar-refractivity contribution in [1.29, 1.82) is 0 Å². The number of halogens is 3. The van der Waals surface area contributed by atoms with Crippen molar-refractivity contribution in [3.8, 4) is 11.5 Å². The van der Waals surface area contributed by atoms with Crippen molar-refractivity contribution >= 4 is 61.1 Å². The van der Waals surface area contributed by atoms with Gasteiger partial charge in [-0.2, -0.15) is 0 Å². The Morgan fingerprint density at radius 1 is 1.21 bits per heavy atom. The number of hydrogen-bond acceptors (Lipinski definition) is 6. The van der Waals surface area contributed by atoms with Crippen LogP contribution >= 0.6 is 38.9 Å². The molecule has 3 heterocycles. The number of hydrogen-bond donors (Lipinski definition) is 0. The van der Waals surface area contributed by atoms with E-state index in [2.05, 4.69) is 25.9 Å². The predicted molar refractivity (Wildman–Crippen MR) is 130 cm³/mol. The van der Waals surface area contributed by atoms with E-state index in [-0.39, 0.29) is 17.2 Å². The van der Waals surface area contributed by atoms with Gasteiger partial charge in [-0.25, -0.2) is 18.8 Å². The van der Waals surface area contributed by atoms with Crippen molar-refractivity contribution in [2.45, 2.75) is 6.61 Å². The summed E-state index contributed by atoms with van der Waals surface area (Å²) < 4.78 is 27.5. The summed E-state index contributed by atoms with van der Waals surface area (Å²) in [5.41, 5.74) is 2.50. The highest BCUT2D eigenvalue weighted by atomic mass is 79.9. The maximum Gasteiger partial charge on any atom is 0.276 e. The van der Waals surface area contributed by atoms with Crippen molar-refractivity contribution in [3.05, 3.63) is 90.0 Å².